The van der Waals surface area contributed by atoms with Gasteiger partial charge in [-0.05, 0) is 37.5 Å². The van der Waals surface area contributed by atoms with Gasteiger partial charge in [-0.25, -0.2) is 14.8 Å². The molecule has 12 heteroatoms. The summed E-state index contributed by atoms with van der Waals surface area (Å²) in [4.78, 5) is 37.6. The molecule has 3 rings (SSSR count). The quantitative estimate of drug-likeness (QED) is 0.182. The van der Waals surface area contributed by atoms with E-state index in [0.29, 0.717) is 65.3 Å². The van der Waals surface area contributed by atoms with Crippen molar-refractivity contribution in [2.75, 3.05) is 43.4 Å². The molecule has 196 valence electrons. The van der Waals surface area contributed by atoms with Crippen LogP contribution in [0.5, 0.6) is 0 Å². The second kappa shape index (κ2) is 14.1. The van der Waals surface area contributed by atoms with E-state index >= 15 is 0 Å². The molecule has 2 N–H and O–H groups in total. The summed E-state index contributed by atoms with van der Waals surface area (Å²) in [5.74, 6) is 0.718. The smallest absolute Gasteiger partial charge is 0.317 e. The fraction of sp³-hybridized carbons (Fsp3) is 0.500. The van der Waals surface area contributed by atoms with Crippen molar-refractivity contribution in [1.29, 1.82) is 0 Å². The molecule has 0 saturated carbocycles. The fourth-order valence-electron chi connectivity index (χ4n) is 3.80. The van der Waals surface area contributed by atoms with Gasteiger partial charge in [0.2, 0.25) is 5.91 Å². The molecule has 1 aliphatic heterocycles. The number of unbranched alkanes of at least 4 members (excludes halogenated alkanes) is 1. The molecule has 8 nitrogen and oxygen atoms in total. The number of rotatable bonds is 10. The lowest BCUT2D eigenvalue weighted by Gasteiger charge is -2.40. The zero-order valence-electron chi connectivity index (χ0n) is 20.4. The van der Waals surface area contributed by atoms with Crippen LogP contribution in [0.3, 0.4) is 0 Å². The van der Waals surface area contributed by atoms with Crippen molar-refractivity contribution < 1.29 is 9.59 Å². The van der Waals surface area contributed by atoms with Crippen LogP contribution >= 0.6 is 46.6 Å². The summed E-state index contributed by atoms with van der Waals surface area (Å²) in [6.45, 7) is 7.11. The number of nitrogens with zero attached hydrogens (tertiary/aromatic N) is 4. The Bertz CT molecular complexity index is 1060. The number of benzene rings is 1. The lowest BCUT2D eigenvalue weighted by atomic mass is 10.1. The molecule has 0 spiro atoms. The van der Waals surface area contributed by atoms with Crippen molar-refractivity contribution in [2.45, 2.75) is 44.3 Å². The zero-order chi connectivity index (χ0) is 26.1. The van der Waals surface area contributed by atoms with Crippen molar-refractivity contribution in [3.63, 3.8) is 0 Å². The summed E-state index contributed by atoms with van der Waals surface area (Å²) in [6.07, 6.45) is 2.61. The molecule has 2 heterocycles. The van der Waals surface area contributed by atoms with Gasteiger partial charge in [-0.2, -0.15) is 0 Å². The van der Waals surface area contributed by atoms with Gasteiger partial charge in [0.25, 0.3) is 0 Å². The van der Waals surface area contributed by atoms with Crippen LogP contribution in [0.2, 0.25) is 15.2 Å². The maximum atomic E-state index is 12.5. The zero-order valence-corrected chi connectivity index (χ0v) is 23.5. The number of carbonyl (C=O) groups excluding carboxylic acids is 2. The van der Waals surface area contributed by atoms with Crippen LogP contribution in [0.4, 0.5) is 10.6 Å². The minimum Gasteiger partial charge on any atom is -0.355 e. The highest BCUT2D eigenvalue weighted by Crippen LogP contribution is 2.24. The van der Waals surface area contributed by atoms with Crippen LogP contribution in [0.1, 0.15) is 32.3 Å². The number of hydrogen-bond acceptors (Lipinski definition) is 6. The average molecular weight is 574 g/mol. The van der Waals surface area contributed by atoms with Crippen molar-refractivity contribution in [3.8, 4) is 0 Å². The summed E-state index contributed by atoms with van der Waals surface area (Å²) in [7, 11) is 0. The van der Waals surface area contributed by atoms with Gasteiger partial charge >= 0.3 is 6.03 Å². The lowest BCUT2D eigenvalue weighted by Crippen LogP contribution is -2.56. The topological polar surface area (TPSA) is 90.5 Å². The Morgan fingerprint density at radius 3 is 2.64 bits per heavy atom. The Labute approximate surface area is 231 Å². The van der Waals surface area contributed by atoms with E-state index in [0.717, 1.165) is 18.4 Å². The molecule has 3 amide bonds. The third kappa shape index (κ3) is 8.57. The second-order valence-corrected chi connectivity index (χ2v) is 10.7. The number of anilines is 1. The molecular weight excluding hydrogens is 543 g/mol. The van der Waals surface area contributed by atoms with Gasteiger partial charge in [0.15, 0.2) is 5.16 Å². The lowest BCUT2D eigenvalue weighted by molar-refractivity contribution is -0.118. The maximum absolute atomic E-state index is 12.5. The molecular formula is C24H31Cl3N6O2S. The number of halogens is 3. The summed E-state index contributed by atoms with van der Waals surface area (Å²) in [6, 6.07) is 7.02. The SMILES string of the molecule is CCCCNC(=O)N1CCN(c2cc(Cl)nc(SCC(=O)NCCc3ccc(Cl)cc3Cl)n2)CC1C. The number of thioether (sulfide) groups is 1. The first kappa shape index (κ1) is 28.6. The average Bonchev–Trinajstić information content (AvgIpc) is 2.84. The highest BCUT2D eigenvalue weighted by atomic mass is 35.5. The van der Waals surface area contributed by atoms with E-state index in [1.54, 1.807) is 18.2 Å². The molecule has 0 aliphatic carbocycles. The van der Waals surface area contributed by atoms with Crippen LogP contribution in [-0.4, -0.2) is 71.3 Å². The number of hydrogen-bond donors (Lipinski definition) is 2. The number of piperazine rings is 1. The van der Waals surface area contributed by atoms with Crippen LogP contribution in [0, 0.1) is 0 Å². The number of nitrogens with one attached hydrogen (secondary N) is 2. The van der Waals surface area contributed by atoms with E-state index in [1.807, 2.05) is 17.9 Å². The highest BCUT2D eigenvalue weighted by Gasteiger charge is 2.28. The van der Waals surface area contributed by atoms with Crippen LogP contribution in [0.25, 0.3) is 0 Å². The fourth-order valence-corrected chi connectivity index (χ4v) is 5.21. The Morgan fingerprint density at radius 1 is 1.11 bits per heavy atom. The molecule has 0 radical (unpaired) electrons. The van der Waals surface area contributed by atoms with Gasteiger partial charge in [0, 0.05) is 54.9 Å². The largest absolute Gasteiger partial charge is 0.355 e. The minimum absolute atomic E-state index is 0.0186. The molecule has 1 atom stereocenters. The standard InChI is InChI=1S/C24H31Cl3N6O2S/c1-3-4-8-29-24(35)33-11-10-32(14-16(33)2)21-13-20(27)30-23(31-21)36-15-22(34)28-9-7-17-5-6-18(25)12-19(17)26/h5-6,12-13,16H,3-4,7-11,14-15H2,1-2H3,(H,28,34)(H,29,35). The Balaban J connectivity index is 1.49. The van der Waals surface area contributed by atoms with Gasteiger partial charge in [0.05, 0.1) is 5.75 Å². The van der Waals surface area contributed by atoms with Crippen molar-refractivity contribution in [3.05, 3.63) is 45.0 Å². The molecule has 1 fully saturated rings. The van der Waals surface area contributed by atoms with Gasteiger partial charge in [-0.1, -0.05) is 66.0 Å². The van der Waals surface area contributed by atoms with Crippen LogP contribution in [-0.2, 0) is 11.2 Å². The molecule has 36 heavy (non-hydrogen) atoms. The molecule has 1 aromatic carbocycles. The van der Waals surface area contributed by atoms with Crippen LogP contribution in [0.15, 0.2) is 29.4 Å². The first-order valence-corrected chi connectivity index (χ1v) is 14.1. The third-order valence-electron chi connectivity index (χ3n) is 5.74. The summed E-state index contributed by atoms with van der Waals surface area (Å²) >= 11 is 19.6. The Morgan fingerprint density at radius 2 is 1.92 bits per heavy atom. The van der Waals surface area contributed by atoms with Gasteiger partial charge in [-0.15, -0.1) is 0 Å². The van der Waals surface area contributed by atoms with Gasteiger partial charge in [0.1, 0.15) is 11.0 Å². The second-order valence-electron chi connectivity index (χ2n) is 8.53. The van der Waals surface area contributed by atoms with E-state index in [-0.39, 0.29) is 23.7 Å². The number of amides is 3. The molecule has 2 aromatic rings. The molecule has 1 aliphatic rings. The van der Waals surface area contributed by atoms with Crippen molar-refractivity contribution in [2.24, 2.45) is 0 Å². The first-order chi connectivity index (χ1) is 17.3. The number of carbonyl (C=O) groups is 2. The maximum Gasteiger partial charge on any atom is 0.317 e. The normalized spacial score (nSPS) is 15.6. The van der Waals surface area contributed by atoms with E-state index in [4.69, 9.17) is 34.8 Å². The third-order valence-corrected chi connectivity index (χ3v) is 7.37. The van der Waals surface area contributed by atoms with Crippen molar-refractivity contribution in [1.82, 2.24) is 25.5 Å². The molecule has 1 unspecified atom stereocenters. The Kier molecular flexibility index (Phi) is 11.2. The number of aromatic nitrogens is 2. The molecule has 1 saturated heterocycles. The highest BCUT2D eigenvalue weighted by molar-refractivity contribution is 7.99. The predicted octanol–water partition coefficient (Wildman–Crippen LogP) is 4.91. The summed E-state index contributed by atoms with van der Waals surface area (Å²) in [5.41, 5.74) is 0.921. The monoisotopic (exact) mass is 572 g/mol. The summed E-state index contributed by atoms with van der Waals surface area (Å²) < 4.78 is 0. The predicted molar refractivity (Wildman–Crippen MR) is 148 cm³/mol. The van der Waals surface area contributed by atoms with E-state index in [2.05, 4.69) is 32.4 Å². The van der Waals surface area contributed by atoms with Crippen molar-refractivity contribution >= 4 is 64.3 Å². The Hall–Kier alpha value is -1.94. The first-order valence-electron chi connectivity index (χ1n) is 11.9. The van der Waals surface area contributed by atoms with Gasteiger partial charge < -0.3 is 20.4 Å². The van der Waals surface area contributed by atoms with Gasteiger partial charge in [-0.3, -0.25) is 4.79 Å². The summed E-state index contributed by atoms with van der Waals surface area (Å²) in [5, 5.41) is 7.77. The number of urea groups is 1. The molecule has 0 bridgehead atoms. The minimum atomic E-state index is -0.133. The van der Waals surface area contributed by atoms with E-state index in [1.165, 1.54) is 11.8 Å². The molecule has 1 aromatic heterocycles. The van der Waals surface area contributed by atoms with E-state index in [9.17, 15) is 9.59 Å². The van der Waals surface area contributed by atoms with Crippen LogP contribution < -0.4 is 15.5 Å². The van der Waals surface area contributed by atoms with E-state index < -0.39 is 0 Å².